The van der Waals surface area contributed by atoms with Gasteiger partial charge in [-0.3, -0.25) is 4.79 Å². The van der Waals surface area contributed by atoms with Crippen LogP contribution < -0.4 is 14.8 Å². The molecule has 0 aliphatic carbocycles. The second kappa shape index (κ2) is 8.86. The number of amides is 1. The molecule has 1 saturated heterocycles. The van der Waals surface area contributed by atoms with Crippen molar-refractivity contribution in [2.24, 2.45) is 0 Å². The summed E-state index contributed by atoms with van der Waals surface area (Å²) in [5, 5.41) is 3.25. The van der Waals surface area contributed by atoms with E-state index in [4.69, 9.17) is 9.47 Å². The van der Waals surface area contributed by atoms with Crippen LogP contribution in [0.3, 0.4) is 0 Å². The highest BCUT2D eigenvalue weighted by Gasteiger charge is 2.29. The lowest BCUT2D eigenvalue weighted by Gasteiger charge is -2.19. The van der Waals surface area contributed by atoms with Gasteiger partial charge >= 0.3 is 0 Å². The van der Waals surface area contributed by atoms with Gasteiger partial charge in [0.15, 0.2) is 0 Å². The summed E-state index contributed by atoms with van der Waals surface area (Å²) in [7, 11) is 3.28. The molecule has 1 aromatic heterocycles. The fourth-order valence-corrected chi connectivity index (χ4v) is 3.82. The first-order valence-electron chi connectivity index (χ1n) is 9.98. The Morgan fingerprint density at radius 1 is 1.03 bits per heavy atom. The van der Waals surface area contributed by atoms with Gasteiger partial charge in [-0.25, -0.2) is 4.98 Å². The Hall–Kier alpha value is -3.54. The number of methoxy groups -OCH3 is 2. The van der Waals surface area contributed by atoms with Crippen molar-refractivity contribution in [1.82, 2.24) is 9.88 Å². The van der Waals surface area contributed by atoms with Gasteiger partial charge in [0.25, 0.3) is 5.91 Å². The zero-order chi connectivity index (χ0) is 20.9. The molecule has 0 spiro atoms. The summed E-state index contributed by atoms with van der Waals surface area (Å²) in [5.41, 5.74) is 2.55. The first-order valence-corrected chi connectivity index (χ1v) is 9.98. The van der Waals surface area contributed by atoms with Gasteiger partial charge < -0.3 is 19.7 Å². The molecule has 6 nitrogen and oxygen atoms in total. The Morgan fingerprint density at radius 2 is 1.83 bits per heavy atom. The van der Waals surface area contributed by atoms with E-state index in [-0.39, 0.29) is 5.91 Å². The van der Waals surface area contributed by atoms with Gasteiger partial charge in [0.05, 0.1) is 25.5 Å². The molecule has 1 N–H and O–H groups in total. The van der Waals surface area contributed by atoms with Crippen LogP contribution in [0.15, 0.2) is 66.9 Å². The van der Waals surface area contributed by atoms with Crippen molar-refractivity contribution in [2.75, 3.05) is 32.6 Å². The van der Waals surface area contributed by atoms with E-state index < -0.39 is 0 Å². The smallest absolute Gasteiger partial charge is 0.257 e. The van der Waals surface area contributed by atoms with Crippen molar-refractivity contribution in [1.29, 1.82) is 0 Å². The predicted molar refractivity (Wildman–Crippen MR) is 117 cm³/mol. The first-order chi connectivity index (χ1) is 14.7. The minimum atomic E-state index is -0.0171. The number of hydrogen-bond acceptors (Lipinski definition) is 5. The number of aromatic nitrogens is 1. The molecule has 4 rings (SSSR count). The largest absolute Gasteiger partial charge is 0.497 e. The molecule has 1 atom stereocenters. The first kappa shape index (κ1) is 19.8. The molecule has 30 heavy (non-hydrogen) atoms. The lowest BCUT2D eigenvalue weighted by atomic mass is 9.98. The Morgan fingerprint density at radius 3 is 2.60 bits per heavy atom. The third-order valence-electron chi connectivity index (χ3n) is 5.46. The highest BCUT2D eigenvalue weighted by atomic mass is 16.5. The average molecular weight is 403 g/mol. The maximum Gasteiger partial charge on any atom is 0.257 e. The second-order valence-electron chi connectivity index (χ2n) is 7.23. The monoisotopic (exact) mass is 403 g/mol. The van der Waals surface area contributed by atoms with Gasteiger partial charge in [0.2, 0.25) is 0 Å². The molecule has 1 aliphatic heterocycles. The van der Waals surface area contributed by atoms with Gasteiger partial charge in [-0.2, -0.15) is 0 Å². The summed E-state index contributed by atoms with van der Waals surface area (Å²) in [5.74, 6) is 2.37. The number of benzene rings is 2. The molecule has 6 heteroatoms. The lowest BCUT2D eigenvalue weighted by molar-refractivity contribution is 0.0791. The van der Waals surface area contributed by atoms with E-state index in [1.54, 1.807) is 26.5 Å². The predicted octanol–water partition coefficient (Wildman–Crippen LogP) is 4.47. The van der Waals surface area contributed by atoms with E-state index in [0.717, 1.165) is 24.4 Å². The number of nitrogens with one attached hydrogen (secondary N) is 1. The Balaban J connectivity index is 1.51. The van der Waals surface area contributed by atoms with E-state index in [9.17, 15) is 4.79 Å². The number of hydrogen-bond donors (Lipinski definition) is 1. The standard InChI is InChI=1S/C24H25N3O3/c1-29-19-11-9-17(10-12-19)18-13-15-27(16-18)24(28)20-6-5-14-25-23(20)26-21-7-3-4-8-22(21)30-2/h3-12,14,18H,13,15-16H2,1-2H3,(H,25,26). The molecule has 0 radical (unpaired) electrons. The number of anilines is 2. The molecule has 1 aliphatic rings. The van der Waals surface area contributed by atoms with Crippen LogP contribution in [-0.2, 0) is 0 Å². The fourth-order valence-electron chi connectivity index (χ4n) is 3.82. The van der Waals surface area contributed by atoms with Gasteiger partial charge in [0.1, 0.15) is 17.3 Å². The van der Waals surface area contributed by atoms with E-state index in [0.29, 0.717) is 29.6 Å². The summed E-state index contributed by atoms with van der Waals surface area (Å²) in [6.45, 7) is 1.41. The molecule has 1 unspecified atom stereocenters. The van der Waals surface area contributed by atoms with Crippen molar-refractivity contribution in [3.8, 4) is 11.5 Å². The minimum absolute atomic E-state index is 0.0171. The van der Waals surface area contributed by atoms with Crippen molar-refractivity contribution in [3.63, 3.8) is 0 Å². The summed E-state index contributed by atoms with van der Waals surface area (Å²) < 4.78 is 10.6. The molecule has 154 valence electrons. The van der Waals surface area contributed by atoms with Crippen LogP contribution in [0.25, 0.3) is 0 Å². The van der Waals surface area contributed by atoms with Gasteiger partial charge in [-0.15, -0.1) is 0 Å². The zero-order valence-corrected chi connectivity index (χ0v) is 17.2. The second-order valence-corrected chi connectivity index (χ2v) is 7.23. The van der Waals surface area contributed by atoms with Crippen LogP contribution in [0.5, 0.6) is 11.5 Å². The number of carbonyl (C=O) groups excluding carboxylic acids is 1. The van der Waals surface area contributed by atoms with Crippen LogP contribution in [0, 0.1) is 0 Å². The average Bonchev–Trinajstić information content (AvgIpc) is 3.30. The Labute approximate surface area is 176 Å². The highest BCUT2D eigenvalue weighted by molar-refractivity contribution is 5.99. The quantitative estimate of drug-likeness (QED) is 0.658. The van der Waals surface area contributed by atoms with Crippen molar-refractivity contribution in [2.45, 2.75) is 12.3 Å². The molecule has 2 aromatic carbocycles. The van der Waals surface area contributed by atoms with Gasteiger partial charge in [0, 0.05) is 25.2 Å². The third kappa shape index (κ3) is 4.08. The molecular weight excluding hydrogens is 378 g/mol. The highest BCUT2D eigenvalue weighted by Crippen LogP contribution is 2.31. The Bertz CT molecular complexity index is 1020. The van der Waals surface area contributed by atoms with E-state index >= 15 is 0 Å². The number of ether oxygens (including phenoxy) is 2. The van der Waals surface area contributed by atoms with E-state index in [1.807, 2.05) is 47.4 Å². The number of likely N-dealkylation sites (tertiary alicyclic amines) is 1. The molecule has 3 aromatic rings. The van der Waals surface area contributed by atoms with E-state index in [1.165, 1.54) is 5.56 Å². The zero-order valence-electron chi connectivity index (χ0n) is 17.2. The maximum atomic E-state index is 13.3. The van der Waals surface area contributed by atoms with Crippen LogP contribution >= 0.6 is 0 Å². The molecule has 1 amide bonds. The van der Waals surface area contributed by atoms with Crippen molar-refractivity contribution >= 4 is 17.4 Å². The minimum Gasteiger partial charge on any atom is -0.497 e. The van der Waals surface area contributed by atoms with Crippen LogP contribution in [-0.4, -0.2) is 43.1 Å². The van der Waals surface area contributed by atoms with E-state index in [2.05, 4.69) is 22.4 Å². The summed E-state index contributed by atoms with van der Waals surface area (Å²) >= 11 is 0. The van der Waals surface area contributed by atoms with Gasteiger partial charge in [-0.05, 0) is 48.4 Å². The molecule has 0 bridgehead atoms. The third-order valence-corrected chi connectivity index (χ3v) is 5.46. The van der Waals surface area contributed by atoms with Crippen molar-refractivity contribution < 1.29 is 14.3 Å². The topological polar surface area (TPSA) is 63.7 Å². The van der Waals surface area contributed by atoms with Crippen LogP contribution in [0.1, 0.15) is 28.3 Å². The molecule has 0 saturated carbocycles. The van der Waals surface area contributed by atoms with Crippen LogP contribution in [0.4, 0.5) is 11.5 Å². The van der Waals surface area contributed by atoms with Gasteiger partial charge in [-0.1, -0.05) is 24.3 Å². The maximum absolute atomic E-state index is 13.3. The molecular formula is C24H25N3O3. The number of nitrogens with zero attached hydrogens (tertiary/aromatic N) is 2. The Kier molecular flexibility index (Phi) is 5.84. The summed E-state index contributed by atoms with van der Waals surface area (Å²) in [4.78, 5) is 19.6. The SMILES string of the molecule is COc1ccc(C2CCN(C(=O)c3cccnc3Nc3ccccc3OC)C2)cc1. The number of pyridine rings is 1. The summed E-state index contributed by atoms with van der Waals surface area (Å²) in [6.07, 6.45) is 2.62. The number of rotatable bonds is 6. The van der Waals surface area contributed by atoms with Crippen molar-refractivity contribution in [3.05, 3.63) is 78.0 Å². The molecule has 2 heterocycles. The summed E-state index contributed by atoms with van der Waals surface area (Å²) in [6, 6.07) is 19.3. The normalized spacial score (nSPS) is 15.7. The fraction of sp³-hybridized carbons (Fsp3) is 0.250. The number of carbonyl (C=O) groups is 1. The number of para-hydroxylation sites is 2. The lowest BCUT2D eigenvalue weighted by Crippen LogP contribution is -2.29. The molecule has 1 fully saturated rings. The van der Waals surface area contributed by atoms with Crippen LogP contribution in [0.2, 0.25) is 0 Å².